The minimum Gasteiger partial charge on any atom is -0.812 e. The van der Waals surface area contributed by atoms with E-state index in [1.165, 1.54) is 55.7 Å². The molecule has 0 heterocycles. The Bertz CT molecular complexity index is 5430. The van der Waals surface area contributed by atoms with Crippen LogP contribution in [-0.4, -0.2) is 73.0 Å². The van der Waals surface area contributed by atoms with Gasteiger partial charge in [-0.3, -0.25) is 20.2 Å². The summed E-state index contributed by atoms with van der Waals surface area (Å²) in [5, 5.41) is 93.5. The molecule has 10 N–H and O–H groups in total. The fourth-order valence-corrected chi connectivity index (χ4v) is 12.7. The smallest absolute Gasteiger partial charge is 0.812 e. The van der Waals surface area contributed by atoms with E-state index in [1.54, 1.807) is 106 Å². The van der Waals surface area contributed by atoms with Crippen molar-refractivity contribution >= 4 is 162 Å². The van der Waals surface area contributed by atoms with Crippen molar-refractivity contribution in [1.29, 1.82) is 5.26 Å². The largest absolute Gasteiger partial charge is 1.00 e. The van der Waals surface area contributed by atoms with Crippen LogP contribution in [0.25, 0.3) is 44.5 Å². The molecule has 0 spiro atoms. The summed E-state index contributed by atoms with van der Waals surface area (Å²) in [6.07, 6.45) is 2.05. The molecule has 13 rings (SSSR count). The molecule has 119 heavy (non-hydrogen) atoms. The maximum atomic E-state index is 10.9. The Morgan fingerprint density at radius 2 is 0.706 bits per heavy atom. The van der Waals surface area contributed by atoms with Gasteiger partial charge in [-0.05, 0) is 248 Å². The van der Waals surface area contributed by atoms with Crippen LogP contribution in [0.4, 0.5) is 34.1 Å². The number of quaternary nitrogens is 2. The average Bonchev–Trinajstić information content (AvgIpc) is 0.831. The van der Waals surface area contributed by atoms with Gasteiger partial charge in [0.1, 0.15) is 28.7 Å². The number of nitrogens with two attached hydrogens (primary N) is 2. The van der Waals surface area contributed by atoms with Gasteiger partial charge in [0.2, 0.25) is 0 Å². The predicted molar refractivity (Wildman–Crippen MR) is 485 cm³/mol. The van der Waals surface area contributed by atoms with Crippen molar-refractivity contribution in [3.8, 4) is 79.5 Å². The minimum absolute atomic E-state index is 0. The van der Waals surface area contributed by atoms with Crippen LogP contribution >= 0.6 is 116 Å². The van der Waals surface area contributed by atoms with Crippen LogP contribution in [0.15, 0.2) is 285 Å². The summed E-state index contributed by atoms with van der Waals surface area (Å²) in [5.74, 6) is 3.64. The van der Waals surface area contributed by atoms with E-state index in [1.807, 2.05) is 162 Å². The molecule has 0 aromatic heterocycles. The zero-order chi connectivity index (χ0) is 85.7. The molecule has 0 fully saturated rings. The van der Waals surface area contributed by atoms with Crippen molar-refractivity contribution in [3.63, 3.8) is 0 Å². The number of nitro benzene ring substituents is 2. The molecule has 0 amide bonds. The third-order valence-corrected chi connectivity index (χ3v) is 19.0. The van der Waals surface area contributed by atoms with Gasteiger partial charge in [0.05, 0.1) is 49.0 Å². The first kappa shape index (κ1) is 102. The minimum atomic E-state index is -1.43. The number of halogens is 8. The summed E-state index contributed by atoms with van der Waals surface area (Å²) in [4.78, 5) is 20.2. The van der Waals surface area contributed by atoms with Gasteiger partial charge >= 0.3 is 36.7 Å². The van der Waals surface area contributed by atoms with Gasteiger partial charge in [-0.25, -0.2) is 15.7 Å². The summed E-state index contributed by atoms with van der Waals surface area (Å²) >= 11 is 33.8. The number of non-ortho nitro benzene ring substituents is 2. The fraction of sp³-hybridized carbons (Fsp3) is 0.0814. The van der Waals surface area contributed by atoms with Crippen LogP contribution in [-0.2, 0) is 12.8 Å². The molecular formula is C86H77BCl6I2N7NaO16. The van der Waals surface area contributed by atoms with E-state index >= 15 is 0 Å². The molecule has 0 radical (unpaired) electrons. The molecule has 0 aliphatic rings. The zero-order valence-electron chi connectivity index (χ0n) is 64.4. The zero-order valence-corrected chi connectivity index (χ0v) is 75.3. The van der Waals surface area contributed by atoms with Gasteiger partial charge < -0.3 is 60.7 Å². The molecule has 13 aromatic rings. The van der Waals surface area contributed by atoms with Crippen LogP contribution in [0.2, 0.25) is 25.1 Å². The van der Waals surface area contributed by atoms with E-state index in [9.17, 15) is 30.6 Å². The topological polar surface area (TPSA) is 367 Å². The molecule has 0 bridgehead atoms. The Morgan fingerprint density at radius 1 is 0.412 bits per heavy atom. The number of nitrogen functional groups attached to an aromatic ring is 2. The number of hydrogen-bond donors (Lipinski definition) is 8. The number of benzene rings is 13. The Kier molecular flexibility index (Phi) is 45.5. The first-order valence-electron chi connectivity index (χ1n) is 34.4. The van der Waals surface area contributed by atoms with Gasteiger partial charge in [0, 0.05) is 117 Å². The molecule has 612 valence electrons. The molecule has 0 aliphatic heterocycles. The van der Waals surface area contributed by atoms with Gasteiger partial charge in [-0.2, -0.15) is 10.5 Å². The SMILES string of the molecule is COc1ccc(Cc2ccc(N)cc2)cc1-c1cccc(Cl)c1.COc1ccc(Cc2ccc([NH+]([O-])O)cc2)cc1-c1cccc(Cl)c1.COc1ccc(N)cc1-c1cccc(Cl)c1.COc1ccc([N+](=O)[O-])cc1-c1cccc(Cl)c1.COc1ccc([N+](=O)[O-])cc1I.Cl.N#C[O-].OB(O)c1cccc(Cl)c1.[Na+].[O-][NH+](O)c1ccc(I)cc1. The monoisotopic (exact) mass is 1960 g/mol. The van der Waals surface area contributed by atoms with Crippen molar-refractivity contribution in [3.05, 3.63) is 370 Å². The van der Waals surface area contributed by atoms with Crippen molar-refractivity contribution in [2.75, 3.05) is 47.0 Å². The van der Waals surface area contributed by atoms with Crippen LogP contribution in [0.5, 0.6) is 28.7 Å². The van der Waals surface area contributed by atoms with Crippen LogP contribution in [0.1, 0.15) is 22.3 Å². The number of nitrogens with one attached hydrogen (secondary N) is 2. The number of rotatable bonds is 18. The maximum absolute atomic E-state index is 10.9. The first-order chi connectivity index (χ1) is 56.0. The quantitative estimate of drug-likeness (QED) is 0.00987. The second kappa shape index (κ2) is 53.2. The van der Waals surface area contributed by atoms with Crippen LogP contribution < -0.4 is 85.7 Å². The molecule has 0 aliphatic carbocycles. The van der Waals surface area contributed by atoms with Crippen LogP contribution in [0, 0.1) is 49.3 Å². The number of nitrogens with zero attached hydrogens (tertiary/aromatic N) is 3. The molecular weight excluding hydrogens is 1890 g/mol. The molecule has 23 nitrogen and oxygen atoms in total. The van der Waals surface area contributed by atoms with Crippen LogP contribution in [0.3, 0.4) is 0 Å². The van der Waals surface area contributed by atoms with E-state index in [2.05, 4.69) is 52.9 Å². The number of nitro groups is 2. The molecule has 0 saturated carbocycles. The standard InChI is InChI=1S/C20H18ClNO3.C20H18ClNO.C13H10ClNO3.C13H12ClNO.C7H6INO3.C6H6BClO2.C6H6INO2.CHNO.ClH.Na/c1-25-20-10-7-15(11-14-5-8-18(9-6-14)22(23)24)12-19(20)16-3-2-4-17(21)13-16;1-23-20-10-7-15(11-14-5-8-18(22)9-6-14)12-19(20)16-3-2-4-17(21)13-16;1-18-13-6-5-11(15(16)17)8-12(13)9-3-2-4-10(14)7-9;1-16-13-6-5-11(15)8-12(13)9-3-2-4-10(14)7-9;1-12-7-3-2-5(9(10)11)4-6(7)8;8-6-3-1-2-5(4-6)7(9)10;7-5-1-3-6(4-2-5)8(9)10;2-1-3;;/h2-10,12-13,22-23H,11H2,1H3;2-10,12-13H,11,22H2,1H3;2-8H,1H3;2-8H,15H2,1H3;2-4H,1H3;1-4,9-10H;1-4,8-9H;3H;1H;/q;;;;;;;;;+1/p-1. The van der Waals surface area contributed by atoms with E-state index in [4.69, 9.17) is 124 Å². The summed E-state index contributed by atoms with van der Waals surface area (Å²) < 4.78 is 28.2. The number of nitriles is 1. The van der Waals surface area contributed by atoms with Gasteiger partial charge in [0.15, 0.2) is 11.4 Å². The molecule has 0 saturated heterocycles. The molecule has 2 unspecified atom stereocenters. The third-order valence-electron chi connectivity index (χ3n) is 16.3. The average molecular weight is 1960 g/mol. The second-order valence-corrected chi connectivity index (χ2v) is 28.8. The maximum Gasteiger partial charge on any atom is 1.00 e. The van der Waals surface area contributed by atoms with E-state index in [0.29, 0.717) is 71.7 Å². The number of anilines is 2. The number of methoxy groups -OCH3 is 5. The second-order valence-electron chi connectivity index (χ2n) is 24.2. The van der Waals surface area contributed by atoms with E-state index < -0.39 is 27.4 Å². The summed E-state index contributed by atoms with van der Waals surface area (Å²) in [6.45, 7) is 0. The van der Waals surface area contributed by atoms with E-state index in [0.717, 1.165) is 86.6 Å². The Hall–Kier alpha value is -9.51. The Morgan fingerprint density at radius 3 is 1.03 bits per heavy atom. The van der Waals surface area contributed by atoms with Gasteiger partial charge in [0.25, 0.3) is 11.4 Å². The number of ether oxygens (including phenoxy) is 5. The van der Waals surface area contributed by atoms with Crippen molar-refractivity contribution in [2.45, 2.75) is 12.8 Å². The number of hydrogen-bond acceptors (Lipinski definition) is 19. The van der Waals surface area contributed by atoms with Gasteiger partial charge in [-0.1, -0.05) is 155 Å². The van der Waals surface area contributed by atoms with Gasteiger partial charge in [-0.15, -0.1) is 12.4 Å². The summed E-state index contributed by atoms with van der Waals surface area (Å²) in [5.41, 5.74) is 26.2. The molecule has 33 heteroatoms. The van der Waals surface area contributed by atoms with Crippen molar-refractivity contribution in [2.24, 2.45) is 0 Å². The fourth-order valence-electron chi connectivity index (χ4n) is 10.7. The molecule has 2 atom stereocenters. The summed E-state index contributed by atoms with van der Waals surface area (Å²) in [7, 11) is 6.59. The first-order valence-corrected chi connectivity index (χ1v) is 38.5. The Labute approximate surface area is 768 Å². The normalized spacial score (nSPS) is 10.4. The third kappa shape index (κ3) is 34.3. The predicted octanol–water partition coefficient (Wildman–Crippen LogP) is 15.9. The van der Waals surface area contributed by atoms with E-state index in [-0.39, 0.29) is 59.0 Å². The summed E-state index contributed by atoms with van der Waals surface area (Å²) in [6, 6.07) is 85.0. The van der Waals surface area contributed by atoms with Crippen molar-refractivity contribution in [1.82, 2.24) is 0 Å². The van der Waals surface area contributed by atoms with Crippen molar-refractivity contribution < 1.29 is 99.1 Å². The Balaban J connectivity index is 0.000000296. The molecule has 13 aromatic carbocycles.